The van der Waals surface area contributed by atoms with E-state index in [0.29, 0.717) is 12.2 Å². The van der Waals surface area contributed by atoms with E-state index in [9.17, 15) is 4.79 Å². The number of H-pyrrole nitrogens is 1. The summed E-state index contributed by atoms with van der Waals surface area (Å²) in [5.74, 6) is 1.63. The van der Waals surface area contributed by atoms with Crippen molar-refractivity contribution >= 4 is 21.8 Å². The van der Waals surface area contributed by atoms with Crippen LogP contribution in [0.3, 0.4) is 0 Å². The fourth-order valence-corrected chi connectivity index (χ4v) is 3.40. The largest absolute Gasteiger partial charge is 0.343 e. The number of aromatic amines is 1. The van der Waals surface area contributed by atoms with Crippen LogP contribution in [-0.4, -0.2) is 30.9 Å². The van der Waals surface area contributed by atoms with Gasteiger partial charge in [0.15, 0.2) is 5.82 Å². The van der Waals surface area contributed by atoms with E-state index in [-0.39, 0.29) is 5.91 Å². The fraction of sp³-hybridized carbons (Fsp3) is 0.333. The molecule has 1 aliphatic heterocycles. The first kappa shape index (κ1) is 17.0. The lowest BCUT2D eigenvalue weighted by atomic mass is 10.1. The number of halogens is 1. The van der Waals surface area contributed by atoms with Gasteiger partial charge in [0.2, 0.25) is 0 Å². The van der Waals surface area contributed by atoms with Crippen molar-refractivity contribution in [3.8, 4) is 11.3 Å². The minimum atomic E-state index is -0.202. The van der Waals surface area contributed by atoms with Gasteiger partial charge in [-0.25, -0.2) is 0 Å². The lowest BCUT2D eigenvalue weighted by molar-refractivity contribution is 0.0944. The third kappa shape index (κ3) is 3.55. The minimum Gasteiger partial charge on any atom is -0.343 e. The summed E-state index contributed by atoms with van der Waals surface area (Å²) in [6.45, 7) is 1.28. The van der Waals surface area contributed by atoms with Gasteiger partial charge >= 0.3 is 0 Å². The Kier molecular flexibility index (Phi) is 4.83. The highest BCUT2D eigenvalue weighted by molar-refractivity contribution is 9.10. The summed E-state index contributed by atoms with van der Waals surface area (Å²) in [5, 5.41) is 18.4. The molecule has 4 rings (SSSR count). The Hall–Kier alpha value is -2.48. The number of benzene rings is 1. The van der Waals surface area contributed by atoms with Crippen LogP contribution >= 0.6 is 15.9 Å². The number of amides is 1. The Balaban J connectivity index is 1.43. The van der Waals surface area contributed by atoms with Crippen molar-refractivity contribution in [2.75, 3.05) is 0 Å². The first-order valence-corrected chi connectivity index (χ1v) is 9.50. The molecule has 1 amide bonds. The Morgan fingerprint density at radius 3 is 2.88 bits per heavy atom. The van der Waals surface area contributed by atoms with Gasteiger partial charge in [0.1, 0.15) is 11.5 Å². The maximum Gasteiger partial charge on any atom is 0.269 e. The number of nitrogens with one attached hydrogen (secondary N) is 2. The topological polar surface area (TPSA) is 88.5 Å². The van der Waals surface area contributed by atoms with Crippen LogP contribution in [0.5, 0.6) is 0 Å². The Morgan fingerprint density at radius 2 is 2.04 bits per heavy atom. The summed E-state index contributed by atoms with van der Waals surface area (Å²) in [6.07, 6.45) is 4.45. The van der Waals surface area contributed by atoms with Crippen molar-refractivity contribution in [3.63, 3.8) is 0 Å². The monoisotopic (exact) mass is 414 g/mol. The molecule has 8 heteroatoms. The maximum absolute atomic E-state index is 12.4. The molecule has 0 saturated carbocycles. The first-order chi connectivity index (χ1) is 12.7. The van der Waals surface area contributed by atoms with Crippen molar-refractivity contribution in [1.82, 2.24) is 30.3 Å². The number of rotatable bonds is 4. The summed E-state index contributed by atoms with van der Waals surface area (Å²) in [5.41, 5.74) is 2.11. The van der Waals surface area contributed by atoms with E-state index < -0.39 is 0 Å². The SMILES string of the molecule is O=C(NCc1nnc2n1CCCCC2)c1cc(-c2ccc(Br)cc2)n[nH]1. The van der Waals surface area contributed by atoms with Crippen LogP contribution in [0, 0.1) is 0 Å². The molecule has 0 radical (unpaired) electrons. The second-order valence-electron chi connectivity index (χ2n) is 6.35. The molecule has 2 N–H and O–H groups in total. The fourth-order valence-electron chi connectivity index (χ4n) is 3.14. The third-order valence-electron chi connectivity index (χ3n) is 4.56. The van der Waals surface area contributed by atoms with Crippen LogP contribution in [0.4, 0.5) is 0 Å². The number of hydrogen-bond donors (Lipinski definition) is 2. The van der Waals surface area contributed by atoms with Crippen molar-refractivity contribution < 1.29 is 4.79 Å². The molecule has 1 aromatic carbocycles. The van der Waals surface area contributed by atoms with Crippen LogP contribution in [0.15, 0.2) is 34.8 Å². The van der Waals surface area contributed by atoms with Gasteiger partial charge in [0, 0.05) is 23.0 Å². The lowest BCUT2D eigenvalue weighted by Crippen LogP contribution is -2.25. The van der Waals surface area contributed by atoms with Gasteiger partial charge in [-0.2, -0.15) is 5.10 Å². The van der Waals surface area contributed by atoms with E-state index in [1.807, 2.05) is 24.3 Å². The average molecular weight is 415 g/mol. The van der Waals surface area contributed by atoms with Crippen molar-refractivity contribution in [3.05, 3.63) is 52.1 Å². The Labute approximate surface area is 159 Å². The molecule has 0 spiro atoms. The smallest absolute Gasteiger partial charge is 0.269 e. The summed E-state index contributed by atoms with van der Waals surface area (Å²) in [7, 11) is 0. The van der Waals surface area contributed by atoms with Gasteiger partial charge in [-0.15, -0.1) is 10.2 Å². The molecule has 0 unspecified atom stereocenters. The van der Waals surface area contributed by atoms with Gasteiger partial charge in [0.25, 0.3) is 5.91 Å². The van der Waals surface area contributed by atoms with Gasteiger partial charge in [-0.05, 0) is 31.0 Å². The predicted molar refractivity (Wildman–Crippen MR) is 100 cm³/mol. The molecule has 2 aromatic heterocycles. The highest BCUT2D eigenvalue weighted by Gasteiger charge is 2.16. The molecule has 0 aliphatic carbocycles. The van der Waals surface area contributed by atoms with E-state index in [1.165, 1.54) is 6.42 Å². The van der Waals surface area contributed by atoms with Crippen LogP contribution in [0.25, 0.3) is 11.3 Å². The number of hydrogen-bond acceptors (Lipinski definition) is 4. The molecule has 0 atom stereocenters. The number of carbonyl (C=O) groups is 1. The molecule has 3 aromatic rings. The molecule has 26 heavy (non-hydrogen) atoms. The molecular formula is C18H19BrN6O. The van der Waals surface area contributed by atoms with Crippen LogP contribution in [0.1, 0.15) is 41.4 Å². The molecule has 3 heterocycles. The zero-order valence-corrected chi connectivity index (χ0v) is 15.8. The molecule has 134 valence electrons. The van der Waals surface area contributed by atoms with E-state index in [1.54, 1.807) is 6.07 Å². The highest BCUT2D eigenvalue weighted by atomic mass is 79.9. The second kappa shape index (κ2) is 7.41. The van der Waals surface area contributed by atoms with Gasteiger partial charge in [0.05, 0.1) is 12.2 Å². The summed E-state index contributed by atoms with van der Waals surface area (Å²) in [4.78, 5) is 12.4. The second-order valence-corrected chi connectivity index (χ2v) is 7.27. The number of aryl methyl sites for hydroxylation is 1. The van der Waals surface area contributed by atoms with Crippen LogP contribution in [-0.2, 0) is 19.5 Å². The van der Waals surface area contributed by atoms with Crippen LogP contribution in [0.2, 0.25) is 0 Å². The summed E-state index contributed by atoms with van der Waals surface area (Å²) in [6, 6.07) is 9.55. The first-order valence-electron chi connectivity index (χ1n) is 8.71. The van der Waals surface area contributed by atoms with Gasteiger partial charge in [-0.3, -0.25) is 9.89 Å². The van der Waals surface area contributed by atoms with E-state index in [4.69, 9.17) is 0 Å². The summed E-state index contributed by atoms with van der Waals surface area (Å²) < 4.78 is 3.13. The van der Waals surface area contributed by atoms with Crippen molar-refractivity contribution in [2.24, 2.45) is 0 Å². The highest BCUT2D eigenvalue weighted by Crippen LogP contribution is 2.20. The molecular weight excluding hydrogens is 396 g/mol. The zero-order valence-electron chi connectivity index (χ0n) is 14.2. The van der Waals surface area contributed by atoms with Crippen molar-refractivity contribution in [1.29, 1.82) is 0 Å². The number of nitrogens with zero attached hydrogens (tertiary/aromatic N) is 4. The Morgan fingerprint density at radius 1 is 1.19 bits per heavy atom. The third-order valence-corrected chi connectivity index (χ3v) is 5.08. The maximum atomic E-state index is 12.4. The van der Waals surface area contributed by atoms with Gasteiger partial charge < -0.3 is 9.88 Å². The lowest BCUT2D eigenvalue weighted by Gasteiger charge is -2.07. The predicted octanol–water partition coefficient (Wildman–Crippen LogP) is 3.09. The molecule has 7 nitrogen and oxygen atoms in total. The molecule has 0 saturated heterocycles. The average Bonchev–Trinajstić information content (AvgIpc) is 3.22. The van der Waals surface area contributed by atoms with Crippen LogP contribution < -0.4 is 5.32 Å². The molecule has 0 fully saturated rings. The summed E-state index contributed by atoms with van der Waals surface area (Å²) >= 11 is 3.41. The number of carbonyl (C=O) groups excluding carboxylic acids is 1. The quantitative estimate of drug-likeness (QED) is 0.686. The number of aromatic nitrogens is 5. The standard InChI is InChI=1S/C18H19BrN6O/c19-13-7-5-12(6-8-13)14-10-15(22-21-14)18(26)20-11-17-24-23-16-4-2-1-3-9-25(16)17/h5-8,10H,1-4,9,11H2,(H,20,26)(H,21,22). The van der Waals surface area contributed by atoms with Crippen molar-refractivity contribution in [2.45, 2.75) is 38.8 Å². The normalized spacial score (nSPS) is 13.9. The Bertz CT molecular complexity index is 914. The zero-order chi connectivity index (χ0) is 17.9. The van der Waals surface area contributed by atoms with E-state index in [2.05, 4.69) is 46.2 Å². The molecule has 0 bridgehead atoms. The minimum absolute atomic E-state index is 0.202. The molecule has 1 aliphatic rings. The van der Waals surface area contributed by atoms with E-state index in [0.717, 1.165) is 53.2 Å². The van der Waals surface area contributed by atoms with Gasteiger partial charge in [-0.1, -0.05) is 34.5 Å². The number of fused-ring (bicyclic) bond motifs is 1. The van der Waals surface area contributed by atoms with E-state index >= 15 is 0 Å².